The molecule has 1 aliphatic heterocycles. The molecule has 1 nitrogen and oxygen atoms in total. The second kappa shape index (κ2) is 3.37. The molecule has 2 rings (SSSR count). The maximum absolute atomic E-state index is 3.43. The lowest BCUT2D eigenvalue weighted by Crippen LogP contribution is -2.28. The first-order valence-electron chi connectivity index (χ1n) is 4.19. The molecule has 0 saturated carbocycles. The van der Waals surface area contributed by atoms with Gasteiger partial charge < -0.3 is 5.32 Å². The lowest BCUT2D eigenvalue weighted by atomic mass is 9.94. The topological polar surface area (TPSA) is 12.0 Å². The van der Waals surface area contributed by atoms with Crippen molar-refractivity contribution in [3.63, 3.8) is 0 Å². The Hall–Kier alpha value is -0.340. The predicted octanol–water partition coefficient (Wildman–Crippen LogP) is 2.22. The number of hydrogen-bond donors (Lipinski definition) is 1. The maximum Gasteiger partial charge on any atom is 0.00204 e. The quantitative estimate of drug-likeness (QED) is 0.676. The summed E-state index contributed by atoms with van der Waals surface area (Å²) in [5, 5.41) is 7.87. The fourth-order valence-corrected chi connectivity index (χ4v) is 2.39. The number of nitrogens with one attached hydrogen (secondary N) is 1. The second-order valence-electron chi connectivity index (χ2n) is 3.10. The molecule has 0 radical (unpaired) electrons. The van der Waals surface area contributed by atoms with E-state index in [2.05, 4.69) is 22.1 Å². The van der Waals surface area contributed by atoms with Gasteiger partial charge in [-0.05, 0) is 47.7 Å². The van der Waals surface area contributed by atoms with E-state index in [0.29, 0.717) is 0 Å². The van der Waals surface area contributed by atoms with E-state index >= 15 is 0 Å². The lowest BCUT2D eigenvalue weighted by molar-refractivity contribution is 0.462. The molecular formula is C9H13NS. The first-order chi connectivity index (χ1) is 5.47. The zero-order valence-electron chi connectivity index (χ0n) is 6.55. The molecule has 2 heterocycles. The average molecular weight is 167 g/mol. The third kappa shape index (κ3) is 1.63. The van der Waals surface area contributed by atoms with Crippen molar-refractivity contribution in [1.29, 1.82) is 0 Å². The molecule has 0 spiro atoms. The zero-order chi connectivity index (χ0) is 7.52. The molecule has 2 heteroatoms. The van der Waals surface area contributed by atoms with Crippen LogP contribution in [-0.2, 0) is 0 Å². The summed E-state index contributed by atoms with van der Waals surface area (Å²) < 4.78 is 0. The van der Waals surface area contributed by atoms with Crippen LogP contribution in [0.15, 0.2) is 16.8 Å². The monoisotopic (exact) mass is 167 g/mol. The summed E-state index contributed by atoms with van der Waals surface area (Å²) in [6.07, 6.45) is 2.70. The number of hydrogen-bond acceptors (Lipinski definition) is 2. The molecule has 1 saturated heterocycles. The number of thiophene rings is 1. The maximum atomic E-state index is 3.43. The Morgan fingerprint density at radius 2 is 2.55 bits per heavy atom. The van der Waals surface area contributed by atoms with Crippen molar-refractivity contribution in [3.8, 4) is 0 Å². The predicted molar refractivity (Wildman–Crippen MR) is 49.2 cm³/mol. The molecule has 1 N–H and O–H groups in total. The molecular weight excluding hydrogens is 154 g/mol. The van der Waals surface area contributed by atoms with Gasteiger partial charge in [-0.25, -0.2) is 0 Å². The Kier molecular flexibility index (Phi) is 2.24. The highest BCUT2D eigenvalue weighted by Gasteiger charge is 2.14. The molecule has 11 heavy (non-hydrogen) atoms. The normalized spacial score (nSPS) is 25.3. The molecule has 0 unspecified atom stereocenters. The van der Waals surface area contributed by atoms with Crippen molar-refractivity contribution in [2.24, 2.45) is 0 Å². The fraction of sp³-hybridized carbons (Fsp3) is 0.556. The van der Waals surface area contributed by atoms with Crippen LogP contribution in [0.5, 0.6) is 0 Å². The van der Waals surface area contributed by atoms with Crippen molar-refractivity contribution in [2.45, 2.75) is 18.8 Å². The van der Waals surface area contributed by atoms with Crippen LogP contribution in [0.1, 0.15) is 24.3 Å². The molecule has 1 aromatic heterocycles. The van der Waals surface area contributed by atoms with Gasteiger partial charge >= 0.3 is 0 Å². The number of rotatable bonds is 1. The van der Waals surface area contributed by atoms with E-state index in [1.54, 1.807) is 11.3 Å². The van der Waals surface area contributed by atoms with Crippen LogP contribution >= 0.6 is 11.3 Å². The van der Waals surface area contributed by atoms with Gasteiger partial charge in [0.1, 0.15) is 0 Å². The van der Waals surface area contributed by atoms with Gasteiger partial charge in [-0.2, -0.15) is 11.3 Å². The summed E-state index contributed by atoms with van der Waals surface area (Å²) in [5.41, 5.74) is 1.53. The van der Waals surface area contributed by atoms with Crippen LogP contribution in [0.25, 0.3) is 0 Å². The first-order valence-corrected chi connectivity index (χ1v) is 5.14. The second-order valence-corrected chi connectivity index (χ2v) is 3.88. The summed E-state index contributed by atoms with van der Waals surface area (Å²) >= 11 is 1.81. The largest absolute Gasteiger partial charge is 0.316 e. The van der Waals surface area contributed by atoms with Crippen molar-refractivity contribution >= 4 is 11.3 Å². The van der Waals surface area contributed by atoms with Gasteiger partial charge in [0.15, 0.2) is 0 Å². The summed E-state index contributed by atoms with van der Waals surface area (Å²) in [6.45, 7) is 2.39. The SMILES string of the molecule is c1cc([C@H]2CCCNC2)cs1. The van der Waals surface area contributed by atoms with E-state index in [4.69, 9.17) is 0 Å². The minimum atomic E-state index is 0.787. The van der Waals surface area contributed by atoms with Gasteiger partial charge in [0.2, 0.25) is 0 Å². The Bertz CT molecular complexity index is 199. The highest BCUT2D eigenvalue weighted by Crippen LogP contribution is 2.24. The molecule has 0 bridgehead atoms. The molecule has 0 aromatic carbocycles. The molecule has 1 aromatic rings. The average Bonchev–Trinajstić information content (AvgIpc) is 2.58. The molecule has 1 atom stereocenters. The van der Waals surface area contributed by atoms with Crippen molar-refractivity contribution in [2.75, 3.05) is 13.1 Å². The third-order valence-corrected chi connectivity index (χ3v) is 3.01. The van der Waals surface area contributed by atoms with E-state index in [1.165, 1.54) is 31.5 Å². The van der Waals surface area contributed by atoms with E-state index < -0.39 is 0 Å². The number of piperidine rings is 1. The van der Waals surface area contributed by atoms with Gasteiger partial charge in [0.05, 0.1) is 0 Å². The standard InChI is InChI=1S/C9H13NS/c1-2-8(6-10-4-1)9-3-5-11-7-9/h3,5,7-8,10H,1-2,4,6H2/t8-/m0/s1. The van der Waals surface area contributed by atoms with E-state index in [9.17, 15) is 0 Å². The van der Waals surface area contributed by atoms with Crippen LogP contribution in [0.2, 0.25) is 0 Å². The van der Waals surface area contributed by atoms with Crippen LogP contribution in [0.3, 0.4) is 0 Å². The molecule has 0 aliphatic carbocycles. The lowest BCUT2D eigenvalue weighted by Gasteiger charge is -2.21. The Morgan fingerprint density at radius 3 is 3.18 bits per heavy atom. The first kappa shape index (κ1) is 7.32. The minimum Gasteiger partial charge on any atom is -0.316 e. The van der Waals surface area contributed by atoms with E-state index in [1.807, 2.05) is 0 Å². The Morgan fingerprint density at radius 1 is 1.55 bits per heavy atom. The fourth-order valence-electron chi connectivity index (χ4n) is 1.64. The van der Waals surface area contributed by atoms with Gasteiger partial charge in [-0.15, -0.1) is 0 Å². The van der Waals surface area contributed by atoms with Gasteiger partial charge in [0, 0.05) is 6.54 Å². The summed E-state index contributed by atoms with van der Waals surface area (Å²) in [6, 6.07) is 2.25. The Labute approximate surface area is 71.4 Å². The smallest absolute Gasteiger partial charge is 0.00204 e. The summed E-state index contributed by atoms with van der Waals surface area (Å²) in [7, 11) is 0. The zero-order valence-corrected chi connectivity index (χ0v) is 7.36. The summed E-state index contributed by atoms with van der Waals surface area (Å²) in [4.78, 5) is 0. The van der Waals surface area contributed by atoms with Crippen molar-refractivity contribution in [1.82, 2.24) is 5.32 Å². The highest BCUT2D eigenvalue weighted by atomic mass is 32.1. The minimum absolute atomic E-state index is 0.787. The van der Waals surface area contributed by atoms with E-state index in [0.717, 1.165) is 5.92 Å². The van der Waals surface area contributed by atoms with Crippen molar-refractivity contribution < 1.29 is 0 Å². The third-order valence-electron chi connectivity index (χ3n) is 2.31. The highest BCUT2D eigenvalue weighted by molar-refractivity contribution is 7.07. The summed E-state index contributed by atoms with van der Waals surface area (Å²) in [5.74, 6) is 0.787. The van der Waals surface area contributed by atoms with Crippen LogP contribution < -0.4 is 5.32 Å². The van der Waals surface area contributed by atoms with Gasteiger partial charge in [-0.3, -0.25) is 0 Å². The van der Waals surface area contributed by atoms with Crippen molar-refractivity contribution in [3.05, 3.63) is 22.4 Å². The molecule has 60 valence electrons. The van der Waals surface area contributed by atoms with Crippen LogP contribution in [-0.4, -0.2) is 13.1 Å². The Balaban J connectivity index is 2.04. The molecule has 0 amide bonds. The van der Waals surface area contributed by atoms with Gasteiger partial charge in [-0.1, -0.05) is 0 Å². The van der Waals surface area contributed by atoms with E-state index in [-0.39, 0.29) is 0 Å². The molecule has 1 fully saturated rings. The van der Waals surface area contributed by atoms with Gasteiger partial charge in [0.25, 0.3) is 0 Å². The molecule has 1 aliphatic rings. The van der Waals surface area contributed by atoms with Crippen LogP contribution in [0.4, 0.5) is 0 Å². The van der Waals surface area contributed by atoms with Crippen LogP contribution in [0, 0.1) is 0 Å².